The van der Waals surface area contributed by atoms with Crippen molar-refractivity contribution >= 4 is 33.3 Å². The van der Waals surface area contributed by atoms with E-state index >= 15 is 0 Å². The number of hydrogen-bond acceptors (Lipinski definition) is 7. The number of nitrogens with one attached hydrogen (secondary N) is 1. The number of carbonyl (C=O) groups is 1. The highest BCUT2D eigenvalue weighted by molar-refractivity contribution is 7.14. The van der Waals surface area contributed by atoms with Crippen molar-refractivity contribution < 1.29 is 18.7 Å². The summed E-state index contributed by atoms with van der Waals surface area (Å²) in [5.74, 6) is 0.924. The number of hydrogen-bond donors (Lipinski definition) is 1. The second-order valence-corrected chi connectivity index (χ2v) is 8.42. The number of carbonyl (C=O) groups excluding carboxylic acids is 1. The summed E-state index contributed by atoms with van der Waals surface area (Å²) in [5.41, 5.74) is 2.52. The van der Waals surface area contributed by atoms with Crippen molar-refractivity contribution in [3.8, 4) is 22.8 Å². The number of fused-ring (bicyclic) bond motifs is 1. The van der Waals surface area contributed by atoms with Crippen LogP contribution in [0.3, 0.4) is 0 Å². The van der Waals surface area contributed by atoms with Crippen molar-refractivity contribution in [3.05, 3.63) is 69.9 Å². The topological polar surface area (TPSA) is 90.7 Å². The molecule has 0 aliphatic heterocycles. The molecule has 0 bridgehead atoms. The first-order valence-corrected chi connectivity index (χ1v) is 11.5. The smallest absolute Gasteiger partial charge is 0.336 e. The molecule has 1 amide bonds. The van der Waals surface area contributed by atoms with Gasteiger partial charge in [0, 0.05) is 28.5 Å². The highest BCUT2D eigenvalue weighted by atomic mass is 32.1. The van der Waals surface area contributed by atoms with E-state index < -0.39 is 11.7 Å². The number of anilines is 1. The summed E-state index contributed by atoms with van der Waals surface area (Å²) in [5, 5.41) is 5.98. The van der Waals surface area contributed by atoms with Crippen molar-refractivity contribution in [2.75, 3.05) is 11.9 Å². The van der Waals surface area contributed by atoms with Crippen molar-refractivity contribution in [2.45, 2.75) is 33.3 Å². The third kappa shape index (κ3) is 5.40. The van der Waals surface area contributed by atoms with E-state index in [1.54, 1.807) is 25.1 Å². The third-order valence-corrected chi connectivity index (χ3v) is 5.72. The first kappa shape index (κ1) is 22.5. The second kappa shape index (κ2) is 9.87. The van der Waals surface area contributed by atoms with Crippen molar-refractivity contribution in [1.82, 2.24) is 4.98 Å². The molecule has 2 aromatic heterocycles. The van der Waals surface area contributed by atoms with E-state index in [-0.39, 0.29) is 5.91 Å². The summed E-state index contributed by atoms with van der Waals surface area (Å²) in [6.45, 7) is 6.23. The molecular formula is C25H24N2O5S. The molecule has 1 unspecified atom stereocenters. The van der Waals surface area contributed by atoms with E-state index in [1.807, 2.05) is 36.6 Å². The zero-order chi connectivity index (χ0) is 23.4. The zero-order valence-electron chi connectivity index (χ0n) is 18.6. The number of thiazole rings is 1. The van der Waals surface area contributed by atoms with Gasteiger partial charge in [-0.25, -0.2) is 9.78 Å². The van der Waals surface area contributed by atoms with Crippen LogP contribution in [0, 0.1) is 6.92 Å². The predicted octanol–water partition coefficient (Wildman–Crippen LogP) is 5.42. The Hall–Kier alpha value is -3.65. The molecule has 1 atom stereocenters. The van der Waals surface area contributed by atoms with Crippen LogP contribution in [-0.4, -0.2) is 23.6 Å². The molecule has 0 aliphatic rings. The molecule has 0 saturated heterocycles. The lowest BCUT2D eigenvalue weighted by Crippen LogP contribution is -2.30. The van der Waals surface area contributed by atoms with Crippen LogP contribution in [0.25, 0.3) is 22.2 Å². The van der Waals surface area contributed by atoms with Gasteiger partial charge in [0.1, 0.15) is 17.1 Å². The molecule has 0 saturated carbocycles. The maximum atomic E-state index is 12.6. The number of amides is 1. The number of aromatic nitrogens is 1. The number of rotatable bonds is 8. The summed E-state index contributed by atoms with van der Waals surface area (Å²) in [7, 11) is 0. The summed E-state index contributed by atoms with van der Waals surface area (Å²) >= 11 is 1.34. The molecule has 0 aliphatic carbocycles. The lowest BCUT2D eigenvalue weighted by atomic mass is 10.1. The average molecular weight is 465 g/mol. The number of aryl methyl sites for hydroxylation is 1. The average Bonchev–Trinajstić information content (AvgIpc) is 3.26. The van der Waals surface area contributed by atoms with Gasteiger partial charge in [-0.15, -0.1) is 11.3 Å². The van der Waals surface area contributed by atoms with Crippen LogP contribution < -0.4 is 20.4 Å². The minimum absolute atomic E-state index is 0.329. The quantitative estimate of drug-likeness (QED) is 0.350. The van der Waals surface area contributed by atoms with Crippen LogP contribution in [-0.2, 0) is 4.79 Å². The predicted molar refractivity (Wildman–Crippen MR) is 129 cm³/mol. The zero-order valence-corrected chi connectivity index (χ0v) is 19.4. The largest absolute Gasteiger partial charge is 0.494 e. The highest BCUT2D eigenvalue weighted by Crippen LogP contribution is 2.27. The van der Waals surface area contributed by atoms with Gasteiger partial charge < -0.3 is 13.9 Å². The van der Waals surface area contributed by atoms with Crippen LogP contribution in [0.5, 0.6) is 11.5 Å². The van der Waals surface area contributed by atoms with Gasteiger partial charge >= 0.3 is 5.63 Å². The SMILES string of the molecule is CCCOc1ccc(-c2csc(NC(=O)C(C)Oc3ccc4c(C)cc(=O)oc4c3)n2)cc1. The van der Waals surface area contributed by atoms with E-state index in [0.29, 0.717) is 23.1 Å². The van der Waals surface area contributed by atoms with Gasteiger partial charge in [0.05, 0.1) is 12.3 Å². The molecule has 1 N–H and O–H groups in total. The molecule has 0 radical (unpaired) electrons. The summed E-state index contributed by atoms with van der Waals surface area (Å²) in [6.07, 6.45) is 0.178. The molecule has 2 heterocycles. The van der Waals surface area contributed by atoms with E-state index in [9.17, 15) is 9.59 Å². The Morgan fingerprint density at radius 2 is 1.91 bits per heavy atom. The molecule has 7 nitrogen and oxygen atoms in total. The lowest BCUT2D eigenvalue weighted by molar-refractivity contribution is -0.122. The summed E-state index contributed by atoms with van der Waals surface area (Å²) in [6, 6.07) is 14.3. The van der Waals surface area contributed by atoms with Gasteiger partial charge in [-0.2, -0.15) is 0 Å². The van der Waals surface area contributed by atoms with Gasteiger partial charge in [-0.3, -0.25) is 10.1 Å². The molecular weight excluding hydrogens is 440 g/mol. The minimum Gasteiger partial charge on any atom is -0.494 e. The van der Waals surface area contributed by atoms with Crippen LogP contribution in [0.15, 0.2) is 63.1 Å². The van der Waals surface area contributed by atoms with Gasteiger partial charge in [0.25, 0.3) is 5.91 Å². The van der Waals surface area contributed by atoms with Gasteiger partial charge in [0.2, 0.25) is 0 Å². The Bertz CT molecular complexity index is 1330. The Labute approximate surface area is 195 Å². The number of nitrogens with zero attached hydrogens (tertiary/aromatic N) is 1. The monoisotopic (exact) mass is 464 g/mol. The highest BCUT2D eigenvalue weighted by Gasteiger charge is 2.17. The second-order valence-electron chi connectivity index (χ2n) is 7.57. The maximum Gasteiger partial charge on any atom is 0.336 e. The fraction of sp³-hybridized carbons (Fsp3) is 0.240. The number of benzene rings is 2. The fourth-order valence-electron chi connectivity index (χ4n) is 3.25. The molecule has 0 spiro atoms. The van der Waals surface area contributed by atoms with Crippen LogP contribution in [0.1, 0.15) is 25.8 Å². The summed E-state index contributed by atoms with van der Waals surface area (Å²) < 4.78 is 16.6. The molecule has 33 heavy (non-hydrogen) atoms. The lowest BCUT2D eigenvalue weighted by Gasteiger charge is -2.14. The van der Waals surface area contributed by atoms with Gasteiger partial charge in [-0.05, 0) is 62.2 Å². The number of ether oxygens (including phenoxy) is 2. The first-order chi connectivity index (χ1) is 15.9. The third-order valence-electron chi connectivity index (χ3n) is 4.96. The van der Waals surface area contributed by atoms with Crippen molar-refractivity contribution in [3.63, 3.8) is 0 Å². The van der Waals surface area contributed by atoms with Gasteiger partial charge in [0.15, 0.2) is 11.2 Å². The van der Waals surface area contributed by atoms with Crippen molar-refractivity contribution in [2.24, 2.45) is 0 Å². The Morgan fingerprint density at radius 1 is 1.15 bits per heavy atom. The molecule has 170 valence electrons. The first-order valence-electron chi connectivity index (χ1n) is 10.6. The van der Waals surface area contributed by atoms with Crippen LogP contribution in [0.2, 0.25) is 0 Å². The Kier molecular flexibility index (Phi) is 6.74. The summed E-state index contributed by atoms with van der Waals surface area (Å²) in [4.78, 5) is 28.8. The van der Waals surface area contributed by atoms with E-state index in [0.717, 1.165) is 34.4 Å². The molecule has 4 aromatic rings. The van der Waals surface area contributed by atoms with Crippen LogP contribution in [0.4, 0.5) is 5.13 Å². The van der Waals surface area contributed by atoms with E-state index in [1.165, 1.54) is 17.4 Å². The molecule has 0 fully saturated rings. The molecule has 2 aromatic carbocycles. The Morgan fingerprint density at radius 3 is 2.67 bits per heavy atom. The standard InChI is InChI=1S/C25H24N2O5S/c1-4-11-30-18-7-5-17(6-8-18)21-14-33-25(26-21)27-24(29)16(3)31-19-9-10-20-15(2)12-23(28)32-22(20)13-19/h5-10,12-14,16H,4,11H2,1-3H3,(H,26,27,29). The normalized spacial score (nSPS) is 11.8. The minimum atomic E-state index is -0.777. The van der Waals surface area contributed by atoms with Crippen LogP contribution >= 0.6 is 11.3 Å². The van der Waals surface area contributed by atoms with E-state index in [4.69, 9.17) is 13.9 Å². The molecule has 4 rings (SSSR count). The van der Waals surface area contributed by atoms with Gasteiger partial charge in [-0.1, -0.05) is 6.92 Å². The maximum absolute atomic E-state index is 12.6. The Balaban J connectivity index is 1.40. The molecule has 8 heteroatoms. The van der Waals surface area contributed by atoms with Crippen molar-refractivity contribution in [1.29, 1.82) is 0 Å². The fourth-order valence-corrected chi connectivity index (χ4v) is 3.97. The van der Waals surface area contributed by atoms with E-state index in [2.05, 4.69) is 17.2 Å².